The zero-order valence-electron chi connectivity index (χ0n) is 8.41. The third kappa shape index (κ3) is 3.13. The second-order valence-electron chi connectivity index (χ2n) is 3.64. The summed E-state index contributed by atoms with van der Waals surface area (Å²) < 4.78 is 6.65. The minimum absolute atomic E-state index is 0.430. The Morgan fingerprint density at radius 3 is 3.07 bits per heavy atom. The Bertz CT molecular complexity index is 339. The van der Waals surface area contributed by atoms with Crippen LogP contribution in [-0.2, 0) is 4.74 Å². The molecule has 1 aromatic carbocycles. The van der Waals surface area contributed by atoms with Gasteiger partial charge in [-0.15, -0.1) is 11.8 Å². The maximum Gasteiger partial charge on any atom is 0.0669 e. The lowest BCUT2D eigenvalue weighted by Crippen LogP contribution is -2.07. The monoisotopic (exact) mass is 287 g/mol. The van der Waals surface area contributed by atoms with E-state index in [1.165, 1.54) is 17.7 Å². The first-order chi connectivity index (χ1) is 7.25. The van der Waals surface area contributed by atoms with Crippen molar-refractivity contribution in [2.75, 3.05) is 18.1 Å². The van der Waals surface area contributed by atoms with Crippen LogP contribution in [-0.4, -0.2) is 18.5 Å². The number of nitrogen functional groups attached to an aromatic ring is 1. The summed E-state index contributed by atoms with van der Waals surface area (Å²) in [5.41, 5.74) is 6.48. The van der Waals surface area contributed by atoms with E-state index in [9.17, 15) is 0 Å². The molecule has 0 aromatic heterocycles. The van der Waals surface area contributed by atoms with Crippen molar-refractivity contribution in [3.63, 3.8) is 0 Å². The lowest BCUT2D eigenvalue weighted by atomic mass is 10.3. The highest BCUT2D eigenvalue weighted by molar-refractivity contribution is 9.10. The second-order valence-corrected chi connectivity index (χ2v) is 5.55. The van der Waals surface area contributed by atoms with E-state index < -0.39 is 0 Å². The highest BCUT2D eigenvalue weighted by Crippen LogP contribution is 2.31. The van der Waals surface area contributed by atoms with E-state index in [0.29, 0.717) is 6.10 Å². The van der Waals surface area contributed by atoms with Crippen molar-refractivity contribution < 1.29 is 4.74 Å². The van der Waals surface area contributed by atoms with Crippen molar-refractivity contribution in [2.45, 2.75) is 23.8 Å². The molecule has 0 spiro atoms. The molecule has 15 heavy (non-hydrogen) atoms. The fourth-order valence-electron chi connectivity index (χ4n) is 1.59. The van der Waals surface area contributed by atoms with Gasteiger partial charge in [0.2, 0.25) is 0 Å². The van der Waals surface area contributed by atoms with Gasteiger partial charge in [-0.1, -0.05) is 0 Å². The van der Waals surface area contributed by atoms with Crippen molar-refractivity contribution in [2.24, 2.45) is 0 Å². The number of hydrogen-bond acceptors (Lipinski definition) is 3. The molecule has 0 saturated carbocycles. The van der Waals surface area contributed by atoms with Gasteiger partial charge in [-0.2, -0.15) is 0 Å². The predicted molar refractivity (Wildman–Crippen MR) is 68.3 cm³/mol. The fraction of sp³-hybridized carbons (Fsp3) is 0.455. The molecule has 4 heteroatoms. The molecule has 1 saturated heterocycles. The summed E-state index contributed by atoms with van der Waals surface area (Å²) in [4.78, 5) is 1.24. The van der Waals surface area contributed by atoms with Crippen molar-refractivity contribution in [3.8, 4) is 0 Å². The SMILES string of the molecule is Nc1ccc(SCC2CCCO2)c(Br)c1. The summed E-state index contributed by atoms with van der Waals surface area (Å²) >= 11 is 5.34. The Labute approximate surface area is 103 Å². The summed E-state index contributed by atoms with van der Waals surface area (Å²) in [6.07, 6.45) is 2.83. The molecule has 2 rings (SSSR count). The third-order valence-electron chi connectivity index (χ3n) is 2.40. The van der Waals surface area contributed by atoms with E-state index >= 15 is 0 Å². The first-order valence-corrected chi connectivity index (χ1v) is 6.83. The van der Waals surface area contributed by atoms with Gasteiger partial charge in [0, 0.05) is 27.4 Å². The van der Waals surface area contributed by atoms with Gasteiger partial charge in [0.15, 0.2) is 0 Å². The van der Waals surface area contributed by atoms with E-state index in [1.54, 1.807) is 0 Å². The van der Waals surface area contributed by atoms with Crippen LogP contribution in [0.2, 0.25) is 0 Å². The molecule has 1 heterocycles. The number of rotatable bonds is 3. The van der Waals surface area contributed by atoms with E-state index in [4.69, 9.17) is 10.5 Å². The van der Waals surface area contributed by atoms with Gasteiger partial charge in [0.25, 0.3) is 0 Å². The molecular formula is C11H14BrNOS. The zero-order valence-corrected chi connectivity index (χ0v) is 10.8. The lowest BCUT2D eigenvalue weighted by Gasteiger charge is -2.09. The molecule has 2 N–H and O–H groups in total. The molecule has 2 nitrogen and oxygen atoms in total. The van der Waals surface area contributed by atoms with Gasteiger partial charge in [0.05, 0.1) is 6.10 Å². The fourth-order valence-corrected chi connectivity index (χ4v) is 3.32. The van der Waals surface area contributed by atoms with Gasteiger partial charge < -0.3 is 10.5 Å². The van der Waals surface area contributed by atoms with Crippen molar-refractivity contribution in [1.82, 2.24) is 0 Å². The van der Waals surface area contributed by atoms with Crippen molar-refractivity contribution in [3.05, 3.63) is 22.7 Å². The van der Waals surface area contributed by atoms with E-state index in [2.05, 4.69) is 22.0 Å². The second kappa shape index (κ2) is 5.23. The molecule has 1 atom stereocenters. The average molecular weight is 288 g/mol. The Kier molecular flexibility index (Phi) is 3.94. The summed E-state index contributed by atoms with van der Waals surface area (Å²) in [5, 5.41) is 0. The topological polar surface area (TPSA) is 35.2 Å². The van der Waals surface area contributed by atoms with E-state index in [1.807, 2.05) is 23.9 Å². The molecule has 1 fully saturated rings. The quantitative estimate of drug-likeness (QED) is 0.684. The van der Waals surface area contributed by atoms with Crippen LogP contribution in [0.15, 0.2) is 27.6 Å². The highest BCUT2D eigenvalue weighted by Gasteiger charge is 2.15. The smallest absolute Gasteiger partial charge is 0.0669 e. The Morgan fingerprint density at radius 2 is 2.40 bits per heavy atom. The van der Waals surface area contributed by atoms with Crippen LogP contribution in [0.3, 0.4) is 0 Å². The number of anilines is 1. The highest BCUT2D eigenvalue weighted by atomic mass is 79.9. The summed E-state index contributed by atoms with van der Waals surface area (Å²) in [7, 11) is 0. The van der Waals surface area contributed by atoms with Gasteiger partial charge in [-0.25, -0.2) is 0 Å². The molecule has 82 valence electrons. The molecule has 0 amide bonds. The lowest BCUT2D eigenvalue weighted by molar-refractivity contribution is 0.129. The molecule has 0 bridgehead atoms. The minimum Gasteiger partial charge on any atom is -0.399 e. The number of ether oxygens (including phenoxy) is 1. The third-order valence-corrected chi connectivity index (χ3v) is 4.53. The Balaban J connectivity index is 1.92. The van der Waals surface area contributed by atoms with Crippen LogP contribution in [0.4, 0.5) is 5.69 Å². The van der Waals surface area contributed by atoms with Crippen LogP contribution < -0.4 is 5.73 Å². The Morgan fingerprint density at radius 1 is 1.53 bits per heavy atom. The van der Waals surface area contributed by atoms with E-state index in [-0.39, 0.29) is 0 Å². The number of nitrogens with two attached hydrogens (primary N) is 1. The molecule has 1 aliphatic heterocycles. The molecule has 1 aromatic rings. The molecule has 0 aliphatic carbocycles. The van der Waals surface area contributed by atoms with Crippen LogP contribution >= 0.6 is 27.7 Å². The summed E-state index contributed by atoms with van der Waals surface area (Å²) in [5.74, 6) is 1.03. The standard InChI is InChI=1S/C11H14BrNOS/c12-10-6-8(13)3-4-11(10)15-7-9-2-1-5-14-9/h3-4,6,9H,1-2,5,7,13H2. The van der Waals surface area contributed by atoms with Crippen LogP contribution in [0.25, 0.3) is 0 Å². The average Bonchev–Trinajstić information content (AvgIpc) is 2.69. The van der Waals surface area contributed by atoms with Crippen molar-refractivity contribution >= 4 is 33.4 Å². The maximum absolute atomic E-state index is 5.68. The number of thioether (sulfide) groups is 1. The zero-order chi connectivity index (χ0) is 10.7. The van der Waals surface area contributed by atoms with E-state index in [0.717, 1.165) is 22.5 Å². The number of halogens is 1. The number of hydrogen-bond donors (Lipinski definition) is 1. The first kappa shape index (κ1) is 11.3. The number of benzene rings is 1. The van der Waals surface area contributed by atoms with Crippen molar-refractivity contribution in [1.29, 1.82) is 0 Å². The Hall–Kier alpha value is -0.190. The normalized spacial score (nSPS) is 20.7. The maximum atomic E-state index is 5.68. The predicted octanol–water partition coefficient (Wildman–Crippen LogP) is 3.30. The largest absolute Gasteiger partial charge is 0.399 e. The van der Waals surface area contributed by atoms with Gasteiger partial charge in [0.1, 0.15) is 0 Å². The molecular weight excluding hydrogens is 274 g/mol. The van der Waals surface area contributed by atoms with Crippen LogP contribution in [0, 0.1) is 0 Å². The molecule has 1 unspecified atom stereocenters. The van der Waals surface area contributed by atoms with Gasteiger partial charge in [-0.05, 0) is 47.0 Å². The minimum atomic E-state index is 0.430. The van der Waals surface area contributed by atoms with Crippen LogP contribution in [0.5, 0.6) is 0 Å². The molecule has 1 aliphatic rings. The van der Waals surface area contributed by atoms with Gasteiger partial charge >= 0.3 is 0 Å². The summed E-state index contributed by atoms with van der Waals surface area (Å²) in [6, 6.07) is 5.93. The molecule has 0 radical (unpaired) electrons. The van der Waals surface area contributed by atoms with Crippen LogP contribution in [0.1, 0.15) is 12.8 Å². The summed E-state index contributed by atoms with van der Waals surface area (Å²) in [6.45, 7) is 0.925. The first-order valence-electron chi connectivity index (χ1n) is 5.05. The van der Waals surface area contributed by atoms with Gasteiger partial charge in [-0.3, -0.25) is 0 Å².